The quantitative estimate of drug-likeness (QED) is 0.889. The molecular weight excluding hydrogens is 274 g/mol. The van der Waals surface area contributed by atoms with Crippen LogP contribution >= 0.6 is 0 Å². The van der Waals surface area contributed by atoms with Crippen molar-refractivity contribution in [2.75, 3.05) is 11.9 Å². The van der Waals surface area contributed by atoms with Gasteiger partial charge in [0.2, 0.25) is 5.91 Å². The Morgan fingerprint density at radius 3 is 2.38 bits per heavy atom. The van der Waals surface area contributed by atoms with Crippen LogP contribution in [0.15, 0.2) is 42.5 Å². The van der Waals surface area contributed by atoms with Crippen LogP contribution in [-0.4, -0.2) is 12.5 Å². The van der Waals surface area contributed by atoms with Crippen LogP contribution in [0, 0.1) is 18.6 Å². The smallest absolute Gasteiger partial charge is 0.239 e. The average molecular weight is 290 g/mol. The highest BCUT2D eigenvalue weighted by Crippen LogP contribution is 2.15. The first-order valence-electron chi connectivity index (χ1n) is 6.56. The predicted octanol–water partition coefficient (Wildman–Crippen LogP) is 3.00. The van der Waals surface area contributed by atoms with Crippen LogP contribution in [0.3, 0.4) is 0 Å². The Balaban J connectivity index is 1.80. The van der Waals surface area contributed by atoms with Crippen molar-refractivity contribution in [3.05, 3.63) is 65.2 Å². The standard InChI is InChI=1S/C16H16F2N2O/c1-11-8-14(18)6-7-15(11)19-10-16(21)20-9-12-2-4-13(17)5-3-12/h2-8,19H,9-10H2,1H3,(H,20,21). The van der Waals surface area contributed by atoms with Crippen molar-refractivity contribution in [1.29, 1.82) is 0 Å². The van der Waals surface area contributed by atoms with Crippen LogP contribution in [0.4, 0.5) is 14.5 Å². The third-order valence-corrected chi connectivity index (χ3v) is 3.03. The summed E-state index contributed by atoms with van der Waals surface area (Å²) < 4.78 is 25.7. The summed E-state index contributed by atoms with van der Waals surface area (Å²) in [5.41, 5.74) is 2.28. The fourth-order valence-corrected chi connectivity index (χ4v) is 1.87. The van der Waals surface area contributed by atoms with E-state index in [1.54, 1.807) is 25.1 Å². The highest BCUT2D eigenvalue weighted by molar-refractivity contribution is 5.80. The first-order valence-corrected chi connectivity index (χ1v) is 6.56. The largest absolute Gasteiger partial charge is 0.376 e. The molecule has 0 radical (unpaired) electrons. The van der Waals surface area contributed by atoms with Crippen molar-refractivity contribution in [3.8, 4) is 0 Å². The van der Waals surface area contributed by atoms with E-state index in [0.717, 1.165) is 11.1 Å². The summed E-state index contributed by atoms with van der Waals surface area (Å²) >= 11 is 0. The number of benzene rings is 2. The number of aryl methyl sites for hydroxylation is 1. The summed E-state index contributed by atoms with van der Waals surface area (Å²) in [6.45, 7) is 2.19. The van der Waals surface area contributed by atoms with Crippen LogP contribution in [0.1, 0.15) is 11.1 Å². The van der Waals surface area contributed by atoms with E-state index in [9.17, 15) is 13.6 Å². The van der Waals surface area contributed by atoms with Gasteiger partial charge in [0.15, 0.2) is 0 Å². The van der Waals surface area contributed by atoms with Gasteiger partial charge in [-0.3, -0.25) is 4.79 Å². The van der Waals surface area contributed by atoms with E-state index in [2.05, 4.69) is 10.6 Å². The molecule has 0 unspecified atom stereocenters. The monoisotopic (exact) mass is 290 g/mol. The van der Waals surface area contributed by atoms with Gasteiger partial charge >= 0.3 is 0 Å². The second-order valence-corrected chi connectivity index (χ2v) is 4.72. The molecule has 0 bridgehead atoms. The SMILES string of the molecule is Cc1cc(F)ccc1NCC(=O)NCc1ccc(F)cc1. The van der Waals surface area contributed by atoms with Gasteiger partial charge in [0.1, 0.15) is 11.6 Å². The fourth-order valence-electron chi connectivity index (χ4n) is 1.87. The highest BCUT2D eigenvalue weighted by atomic mass is 19.1. The molecule has 0 heterocycles. The minimum Gasteiger partial charge on any atom is -0.376 e. The van der Waals surface area contributed by atoms with E-state index in [-0.39, 0.29) is 24.1 Å². The van der Waals surface area contributed by atoms with Gasteiger partial charge in [-0.15, -0.1) is 0 Å². The summed E-state index contributed by atoms with van der Waals surface area (Å²) in [5, 5.41) is 5.67. The summed E-state index contributed by atoms with van der Waals surface area (Å²) in [4.78, 5) is 11.7. The number of carbonyl (C=O) groups excluding carboxylic acids is 1. The number of carbonyl (C=O) groups is 1. The molecule has 2 N–H and O–H groups in total. The summed E-state index contributed by atoms with van der Waals surface area (Å²) in [6.07, 6.45) is 0. The van der Waals surface area contributed by atoms with Crippen LogP contribution in [0.25, 0.3) is 0 Å². The zero-order chi connectivity index (χ0) is 15.2. The van der Waals surface area contributed by atoms with E-state index >= 15 is 0 Å². The Kier molecular flexibility index (Phi) is 4.87. The molecule has 0 aromatic heterocycles. The maximum Gasteiger partial charge on any atom is 0.239 e. The number of hydrogen-bond donors (Lipinski definition) is 2. The Hall–Kier alpha value is -2.43. The summed E-state index contributed by atoms with van der Waals surface area (Å²) in [6, 6.07) is 10.3. The molecule has 0 aliphatic heterocycles. The normalized spacial score (nSPS) is 10.2. The second-order valence-electron chi connectivity index (χ2n) is 4.72. The Morgan fingerprint density at radius 2 is 1.71 bits per heavy atom. The Labute approximate surface area is 122 Å². The van der Waals surface area contributed by atoms with Gasteiger partial charge in [-0.25, -0.2) is 8.78 Å². The van der Waals surface area contributed by atoms with E-state index in [1.165, 1.54) is 24.3 Å². The van der Waals surface area contributed by atoms with Crippen LogP contribution in [0.2, 0.25) is 0 Å². The lowest BCUT2D eigenvalue weighted by atomic mass is 10.2. The Bertz CT molecular complexity index is 627. The molecule has 5 heteroatoms. The van der Waals surface area contributed by atoms with Gasteiger partial charge in [-0.1, -0.05) is 12.1 Å². The van der Waals surface area contributed by atoms with E-state index in [4.69, 9.17) is 0 Å². The topological polar surface area (TPSA) is 41.1 Å². The van der Waals surface area contributed by atoms with Gasteiger partial charge in [-0.2, -0.15) is 0 Å². The number of rotatable bonds is 5. The summed E-state index contributed by atoms with van der Waals surface area (Å²) in [7, 11) is 0. The zero-order valence-corrected chi connectivity index (χ0v) is 11.6. The molecule has 0 fully saturated rings. The van der Waals surface area contributed by atoms with Gasteiger partial charge in [-0.05, 0) is 48.4 Å². The zero-order valence-electron chi connectivity index (χ0n) is 11.6. The molecule has 0 atom stereocenters. The Morgan fingerprint density at radius 1 is 1.05 bits per heavy atom. The number of nitrogens with one attached hydrogen (secondary N) is 2. The molecule has 2 rings (SSSR count). The minimum absolute atomic E-state index is 0.0909. The van der Waals surface area contributed by atoms with Gasteiger partial charge in [0, 0.05) is 12.2 Å². The number of hydrogen-bond acceptors (Lipinski definition) is 2. The molecule has 1 amide bonds. The summed E-state index contributed by atoms with van der Waals surface area (Å²) in [5.74, 6) is -0.805. The molecule has 0 saturated heterocycles. The van der Waals surface area contributed by atoms with Crippen molar-refractivity contribution in [2.24, 2.45) is 0 Å². The van der Waals surface area contributed by atoms with Crippen molar-refractivity contribution in [3.63, 3.8) is 0 Å². The van der Waals surface area contributed by atoms with E-state index < -0.39 is 0 Å². The number of amides is 1. The van der Waals surface area contributed by atoms with Crippen LogP contribution in [-0.2, 0) is 11.3 Å². The molecule has 2 aromatic carbocycles. The van der Waals surface area contributed by atoms with Crippen molar-refractivity contribution in [1.82, 2.24) is 5.32 Å². The van der Waals surface area contributed by atoms with E-state index in [0.29, 0.717) is 12.2 Å². The van der Waals surface area contributed by atoms with Crippen molar-refractivity contribution in [2.45, 2.75) is 13.5 Å². The molecule has 21 heavy (non-hydrogen) atoms. The predicted molar refractivity (Wildman–Crippen MR) is 77.9 cm³/mol. The van der Waals surface area contributed by atoms with Gasteiger partial charge < -0.3 is 10.6 Å². The number of halogens is 2. The molecule has 0 aliphatic carbocycles. The first-order chi connectivity index (χ1) is 10.0. The lowest BCUT2D eigenvalue weighted by Crippen LogP contribution is -2.29. The molecule has 0 aliphatic rings. The lowest BCUT2D eigenvalue weighted by Gasteiger charge is -2.10. The van der Waals surface area contributed by atoms with Gasteiger partial charge in [0.05, 0.1) is 6.54 Å². The third kappa shape index (κ3) is 4.56. The fraction of sp³-hybridized carbons (Fsp3) is 0.188. The van der Waals surface area contributed by atoms with Gasteiger partial charge in [0.25, 0.3) is 0 Å². The third-order valence-electron chi connectivity index (χ3n) is 3.03. The van der Waals surface area contributed by atoms with Crippen molar-refractivity contribution >= 4 is 11.6 Å². The molecular formula is C16H16F2N2O. The van der Waals surface area contributed by atoms with Crippen LogP contribution < -0.4 is 10.6 Å². The average Bonchev–Trinajstić information content (AvgIpc) is 2.46. The molecule has 0 saturated carbocycles. The van der Waals surface area contributed by atoms with Crippen LogP contribution in [0.5, 0.6) is 0 Å². The first kappa shape index (κ1) is 15.0. The maximum absolute atomic E-state index is 12.9. The molecule has 0 spiro atoms. The molecule has 3 nitrogen and oxygen atoms in total. The van der Waals surface area contributed by atoms with E-state index in [1.807, 2.05) is 0 Å². The molecule has 2 aromatic rings. The number of anilines is 1. The molecule has 110 valence electrons. The second kappa shape index (κ2) is 6.83. The minimum atomic E-state index is -0.307. The highest BCUT2D eigenvalue weighted by Gasteiger charge is 2.04. The lowest BCUT2D eigenvalue weighted by molar-refractivity contribution is -0.119. The maximum atomic E-state index is 12.9. The van der Waals surface area contributed by atoms with Crippen molar-refractivity contribution < 1.29 is 13.6 Å².